The molecule has 0 N–H and O–H groups in total. The molecule has 0 aromatic carbocycles. The summed E-state index contributed by atoms with van der Waals surface area (Å²) < 4.78 is 5.46. The quantitative estimate of drug-likeness (QED) is 0.772. The molecule has 4 heteroatoms. The topological polar surface area (TPSA) is 42.4 Å². The number of aldehydes is 1. The predicted octanol–water partition coefficient (Wildman–Crippen LogP) is 2.00. The molecule has 0 unspecified atom stereocenters. The lowest BCUT2D eigenvalue weighted by Crippen LogP contribution is -2.59. The van der Waals surface area contributed by atoms with E-state index in [4.69, 9.17) is 9.72 Å². The van der Waals surface area contributed by atoms with Gasteiger partial charge >= 0.3 is 0 Å². The number of fused-ring (bicyclic) bond motifs is 1. The van der Waals surface area contributed by atoms with Crippen LogP contribution in [0.15, 0.2) is 6.07 Å². The molecule has 1 aliphatic carbocycles. The van der Waals surface area contributed by atoms with Crippen LogP contribution in [0.1, 0.15) is 40.9 Å². The molecular weight excluding hydrogens is 252 g/mol. The first-order valence-corrected chi connectivity index (χ1v) is 7.60. The van der Waals surface area contributed by atoms with Gasteiger partial charge in [0.15, 0.2) is 6.29 Å². The van der Waals surface area contributed by atoms with Gasteiger partial charge in [-0.2, -0.15) is 0 Å². The number of ether oxygens (including phenoxy) is 1. The second-order valence-electron chi connectivity index (χ2n) is 6.45. The molecule has 2 saturated heterocycles. The summed E-state index contributed by atoms with van der Waals surface area (Å²) in [5.41, 5.74) is 3.67. The molecule has 3 heterocycles. The summed E-state index contributed by atoms with van der Waals surface area (Å²) in [7, 11) is 0. The highest BCUT2D eigenvalue weighted by atomic mass is 16.5. The fraction of sp³-hybridized carbons (Fsp3) is 0.625. The summed E-state index contributed by atoms with van der Waals surface area (Å²) in [4.78, 5) is 18.4. The SMILES string of the molecule is O=Cc1cc2c(nc1N1CC3(CCOCC3)C1)CCC2. The Balaban J connectivity index is 1.59. The first-order valence-electron chi connectivity index (χ1n) is 7.60. The standard InChI is InChI=1S/C16H20N2O2/c19-9-13-8-12-2-1-3-14(12)17-15(13)18-10-16(11-18)4-6-20-7-5-16/h8-9H,1-7,10-11H2. The molecule has 2 aliphatic heterocycles. The number of hydrogen-bond donors (Lipinski definition) is 0. The number of aryl methyl sites for hydroxylation is 2. The molecule has 106 valence electrons. The van der Waals surface area contributed by atoms with Crippen molar-refractivity contribution in [1.82, 2.24) is 4.98 Å². The lowest BCUT2D eigenvalue weighted by Gasteiger charge is -2.53. The normalized spacial score (nSPS) is 23.5. The molecule has 3 aliphatic rings. The van der Waals surface area contributed by atoms with E-state index < -0.39 is 0 Å². The van der Waals surface area contributed by atoms with Crippen molar-refractivity contribution in [2.75, 3.05) is 31.2 Å². The van der Waals surface area contributed by atoms with Crippen molar-refractivity contribution >= 4 is 12.1 Å². The average Bonchev–Trinajstić information content (AvgIpc) is 2.91. The maximum atomic E-state index is 11.4. The van der Waals surface area contributed by atoms with Crippen LogP contribution in [0.4, 0.5) is 5.82 Å². The Morgan fingerprint density at radius 3 is 2.80 bits per heavy atom. The zero-order chi connectivity index (χ0) is 13.6. The minimum absolute atomic E-state index is 0.416. The highest BCUT2D eigenvalue weighted by Crippen LogP contribution is 2.42. The minimum Gasteiger partial charge on any atom is -0.381 e. The Kier molecular flexibility index (Phi) is 2.81. The van der Waals surface area contributed by atoms with E-state index in [0.29, 0.717) is 5.41 Å². The second kappa shape index (κ2) is 4.55. The van der Waals surface area contributed by atoms with Crippen LogP contribution in [0.3, 0.4) is 0 Å². The first-order chi connectivity index (χ1) is 9.80. The van der Waals surface area contributed by atoms with E-state index in [1.54, 1.807) is 0 Å². The van der Waals surface area contributed by atoms with Gasteiger partial charge in [-0.15, -0.1) is 0 Å². The van der Waals surface area contributed by atoms with Crippen LogP contribution >= 0.6 is 0 Å². The summed E-state index contributed by atoms with van der Waals surface area (Å²) in [6, 6.07) is 2.06. The molecule has 0 saturated carbocycles. The van der Waals surface area contributed by atoms with Crippen LogP contribution < -0.4 is 4.90 Å². The van der Waals surface area contributed by atoms with E-state index in [-0.39, 0.29) is 0 Å². The number of anilines is 1. The van der Waals surface area contributed by atoms with Crippen molar-refractivity contribution in [3.8, 4) is 0 Å². The van der Waals surface area contributed by atoms with Crippen LogP contribution in [0.2, 0.25) is 0 Å². The Morgan fingerprint density at radius 1 is 1.25 bits per heavy atom. The van der Waals surface area contributed by atoms with Gasteiger partial charge in [0.05, 0.1) is 5.56 Å². The Hall–Kier alpha value is -1.42. The summed E-state index contributed by atoms with van der Waals surface area (Å²) in [6.45, 7) is 3.82. The van der Waals surface area contributed by atoms with Crippen LogP contribution in [0, 0.1) is 5.41 Å². The predicted molar refractivity (Wildman–Crippen MR) is 76.3 cm³/mol. The van der Waals surface area contributed by atoms with Gasteiger partial charge in [-0.05, 0) is 43.7 Å². The average molecular weight is 272 g/mol. The van der Waals surface area contributed by atoms with Crippen LogP contribution in [0.5, 0.6) is 0 Å². The summed E-state index contributed by atoms with van der Waals surface area (Å²) in [5.74, 6) is 0.915. The molecule has 0 bridgehead atoms. The summed E-state index contributed by atoms with van der Waals surface area (Å²) in [5, 5.41) is 0. The second-order valence-corrected chi connectivity index (χ2v) is 6.45. The van der Waals surface area contributed by atoms with Gasteiger partial charge in [0.2, 0.25) is 0 Å². The largest absolute Gasteiger partial charge is 0.381 e. The van der Waals surface area contributed by atoms with Gasteiger partial charge < -0.3 is 9.64 Å². The molecule has 0 atom stereocenters. The van der Waals surface area contributed by atoms with Crippen molar-refractivity contribution in [3.63, 3.8) is 0 Å². The van der Waals surface area contributed by atoms with Gasteiger partial charge in [0.1, 0.15) is 5.82 Å². The molecule has 0 amide bonds. The van der Waals surface area contributed by atoms with Crippen LogP contribution in [0.25, 0.3) is 0 Å². The molecular formula is C16H20N2O2. The van der Waals surface area contributed by atoms with Gasteiger partial charge in [-0.25, -0.2) is 4.98 Å². The number of rotatable bonds is 2. The third kappa shape index (κ3) is 1.85. The highest BCUT2D eigenvalue weighted by Gasteiger charge is 2.45. The van der Waals surface area contributed by atoms with Crippen molar-refractivity contribution in [3.05, 3.63) is 22.9 Å². The molecule has 2 fully saturated rings. The number of carbonyl (C=O) groups is 1. The molecule has 0 radical (unpaired) electrons. The molecule has 1 aromatic heterocycles. The van der Waals surface area contributed by atoms with Gasteiger partial charge in [-0.3, -0.25) is 4.79 Å². The van der Waals surface area contributed by atoms with Crippen molar-refractivity contribution in [1.29, 1.82) is 0 Å². The first kappa shape index (κ1) is 12.3. The maximum absolute atomic E-state index is 11.4. The molecule has 1 spiro atoms. The number of carbonyl (C=O) groups excluding carboxylic acids is 1. The van der Waals surface area contributed by atoms with E-state index in [1.165, 1.54) is 17.7 Å². The van der Waals surface area contributed by atoms with Crippen LogP contribution in [-0.4, -0.2) is 37.6 Å². The third-order valence-corrected chi connectivity index (χ3v) is 5.09. The lowest BCUT2D eigenvalue weighted by atomic mass is 9.73. The number of aromatic nitrogens is 1. The summed E-state index contributed by atoms with van der Waals surface area (Å²) in [6.07, 6.45) is 6.57. The van der Waals surface area contributed by atoms with E-state index in [2.05, 4.69) is 11.0 Å². The number of pyridine rings is 1. The minimum atomic E-state index is 0.416. The van der Waals surface area contributed by atoms with Crippen molar-refractivity contribution in [2.24, 2.45) is 5.41 Å². The lowest BCUT2D eigenvalue weighted by molar-refractivity contribution is -0.000505. The molecule has 20 heavy (non-hydrogen) atoms. The highest BCUT2D eigenvalue weighted by molar-refractivity contribution is 5.84. The fourth-order valence-corrected chi connectivity index (χ4v) is 3.85. The maximum Gasteiger partial charge on any atom is 0.153 e. The number of nitrogens with zero attached hydrogens (tertiary/aromatic N) is 2. The zero-order valence-electron chi connectivity index (χ0n) is 11.7. The molecule has 4 nitrogen and oxygen atoms in total. The Morgan fingerprint density at radius 2 is 2.05 bits per heavy atom. The van der Waals surface area contributed by atoms with Gasteiger partial charge in [0, 0.05) is 37.4 Å². The monoisotopic (exact) mass is 272 g/mol. The van der Waals surface area contributed by atoms with E-state index in [0.717, 1.165) is 69.7 Å². The van der Waals surface area contributed by atoms with Gasteiger partial charge in [0.25, 0.3) is 0 Å². The van der Waals surface area contributed by atoms with E-state index in [9.17, 15) is 4.79 Å². The summed E-state index contributed by atoms with van der Waals surface area (Å²) >= 11 is 0. The van der Waals surface area contributed by atoms with Crippen molar-refractivity contribution in [2.45, 2.75) is 32.1 Å². The molecule has 1 aromatic rings. The van der Waals surface area contributed by atoms with E-state index in [1.807, 2.05) is 0 Å². The zero-order valence-corrected chi connectivity index (χ0v) is 11.7. The van der Waals surface area contributed by atoms with Crippen LogP contribution in [-0.2, 0) is 17.6 Å². The number of hydrogen-bond acceptors (Lipinski definition) is 4. The van der Waals surface area contributed by atoms with Crippen molar-refractivity contribution < 1.29 is 9.53 Å². The Labute approximate surface area is 119 Å². The van der Waals surface area contributed by atoms with Gasteiger partial charge in [-0.1, -0.05) is 0 Å². The Bertz CT molecular complexity index is 542. The third-order valence-electron chi connectivity index (χ3n) is 5.09. The molecule has 4 rings (SSSR count). The smallest absolute Gasteiger partial charge is 0.153 e. The fourth-order valence-electron chi connectivity index (χ4n) is 3.85. The van der Waals surface area contributed by atoms with E-state index >= 15 is 0 Å².